The molecule has 7 heteroatoms. The molecule has 2 heterocycles. The van der Waals surface area contributed by atoms with Gasteiger partial charge in [0.15, 0.2) is 11.3 Å². The number of aromatic nitrogens is 3. The number of benzene rings is 1. The molecule has 0 unspecified atom stereocenters. The number of amides is 1. The van der Waals surface area contributed by atoms with Crippen LogP contribution in [0.1, 0.15) is 21.6 Å². The molecule has 2 aromatic heterocycles. The Hall–Kier alpha value is -2.25. The number of aryl methyl sites for hydroxylation is 1. The number of carbonyl (C=O) groups excluding carboxylic acids is 1. The van der Waals surface area contributed by atoms with Crippen molar-refractivity contribution in [1.29, 1.82) is 0 Å². The van der Waals surface area contributed by atoms with Gasteiger partial charge < -0.3 is 0 Å². The van der Waals surface area contributed by atoms with Gasteiger partial charge in [0.25, 0.3) is 5.91 Å². The van der Waals surface area contributed by atoms with Crippen molar-refractivity contribution in [1.82, 2.24) is 20.1 Å². The summed E-state index contributed by atoms with van der Waals surface area (Å²) in [5.74, 6) is -0.409. The summed E-state index contributed by atoms with van der Waals surface area (Å²) in [6.45, 7) is 2.31. The van der Waals surface area contributed by atoms with E-state index in [1.807, 2.05) is 31.2 Å². The minimum atomic E-state index is -0.409. The Morgan fingerprint density at radius 1 is 1.36 bits per heavy atom. The van der Waals surface area contributed by atoms with E-state index < -0.39 is 5.91 Å². The lowest BCUT2D eigenvalue weighted by Gasteiger charge is -2.04. The fourth-order valence-electron chi connectivity index (χ4n) is 1.89. The van der Waals surface area contributed by atoms with Gasteiger partial charge in [-0.2, -0.15) is 5.10 Å². The molecular formula is C15H13BrN4O2. The van der Waals surface area contributed by atoms with Gasteiger partial charge in [0.1, 0.15) is 0 Å². The Balaban J connectivity index is 1.62. The number of nitrogens with one attached hydrogen (secondary N) is 1. The van der Waals surface area contributed by atoms with E-state index in [0.29, 0.717) is 12.3 Å². The maximum Gasteiger partial charge on any atom is 0.295 e. The van der Waals surface area contributed by atoms with Gasteiger partial charge >= 0.3 is 0 Å². The molecule has 0 aliphatic carbocycles. The predicted octanol–water partition coefficient (Wildman–Crippen LogP) is 2.66. The van der Waals surface area contributed by atoms with Crippen LogP contribution in [-0.4, -0.2) is 20.5 Å². The first-order valence-corrected chi connectivity index (χ1v) is 7.40. The van der Waals surface area contributed by atoms with E-state index in [4.69, 9.17) is 4.84 Å². The van der Waals surface area contributed by atoms with Gasteiger partial charge in [-0.3, -0.25) is 9.63 Å². The molecule has 6 nitrogen and oxygen atoms in total. The van der Waals surface area contributed by atoms with Gasteiger partial charge in [-0.15, -0.1) is 0 Å². The van der Waals surface area contributed by atoms with Crippen molar-refractivity contribution in [2.45, 2.75) is 13.5 Å². The van der Waals surface area contributed by atoms with Crippen molar-refractivity contribution in [3.63, 3.8) is 0 Å². The minimum absolute atomic E-state index is 0.245. The van der Waals surface area contributed by atoms with Crippen LogP contribution >= 0.6 is 15.9 Å². The van der Waals surface area contributed by atoms with Crippen LogP contribution in [0.3, 0.4) is 0 Å². The second-order valence-electron chi connectivity index (χ2n) is 4.81. The Morgan fingerprint density at radius 3 is 2.91 bits per heavy atom. The van der Waals surface area contributed by atoms with E-state index in [1.165, 1.54) is 10.1 Å². The van der Waals surface area contributed by atoms with Gasteiger partial charge in [-0.1, -0.05) is 29.8 Å². The summed E-state index contributed by atoms with van der Waals surface area (Å²) in [5.41, 5.74) is 5.37. The maximum atomic E-state index is 12.0. The van der Waals surface area contributed by atoms with Crippen molar-refractivity contribution in [2.24, 2.45) is 0 Å². The zero-order valence-corrected chi connectivity index (χ0v) is 13.4. The molecule has 1 aromatic carbocycles. The molecule has 0 bridgehead atoms. The van der Waals surface area contributed by atoms with Crippen molar-refractivity contribution >= 4 is 27.5 Å². The standard InChI is InChI=1S/C15H13BrN4O2/c1-10-2-4-11(5-3-10)9-22-19-15(21)13-6-14-17-7-12(16)8-20(14)18-13/h2-8H,9H2,1H3,(H,19,21). The van der Waals surface area contributed by atoms with Crippen LogP contribution in [0.15, 0.2) is 47.2 Å². The summed E-state index contributed by atoms with van der Waals surface area (Å²) >= 11 is 3.30. The highest BCUT2D eigenvalue weighted by Gasteiger charge is 2.11. The van der Waals surface area contributed by atoms with Crippen LogP contribution in [0, 0.1) is 6.92 Å². The first-order chi connectivity index (χ1) is 10.6. The average Bonchev–Trinajstić information content (AvgIpc) is 2.92. The molecule has 0 atom stereocenters. The van der Waals surface area contributed by atoms with E-state index >= 15 is 0 Å². The zero-order valence-electron chi connectivity index (χ0n) is 11.8. The smallest absolute Gasteiger partial charge is 0.269 e. The van der Waals surface area contributed by atoms with Crippen molar-refractivity contribution in [3.8, 4) is 0 Å². The van der Waals surface area contributed by atoms with Gasteiger partial charge in [0, 0.05) is 18.5 Å². The number of rotatable bonds is 4. The molecule has 0 aliphatic rings. The van der Waals surface area contributed by atoms with E-state index in [9.17, 15) is 4.79 Å². The van der Waals surface area contributed by atoms with Gasteiger partial charge in [-0.05, 0) is 28.4 Å². The molecule has 0 saturated carbocycles. The summed E-state index contributed by atoms with van der Waals surface area (Å²) in [7, 11) is 0. The predicted molar refractivity (Wildman–Crippen MR) is 84.1 cm³/mol. The number of nitrogens with zero attached hydrogens (tertiary/aromatic N) is 3. The van der Waals surface area contributed by atoms with Gasteiger partial charge in [0.2, 0.25) is 0 Å². The van der Waals surface area contributed by atoms with Crippen molar-refractivity contribution in [2.75, 3.05) is 0 Å². The van der Waals surface area contributed by atoms with Crippen LogP contribution in [-0.2, 0) is 11.4 Å². The highest BCUT2D eigenvalue weighted by atomic mass is 79.9. The van der Waals surface area contributed by atoms with Crippen LogP contribution in [0.5, 0.6) is 0 Å². The molecule has 3 aromatic rings. The molecule has 0 spiro atoms. The normalized spacial score (nSPS) is 10.8. The quantitative estimate of drug-likeness (QED) is 0.726. The Bertz CT molecular complexity index is 814. The third-order valence-corrected chi connectivity index (χ3v) is 3.45. The van der Waals surface area contributed by atoms with E-state index in [-0.39, 0.29) is 5.69 Å². The molecule has 0 radical (unpaired) electrons. The maximum absolute atomic E-state index is 12.0. The summed E-state index contributed by atoms with van der Waals surface area (Å²) in [5, 5.41) is 4.14. The molecule has 0 saturated heterocycles. The van der Waals surface area contributed by atoms with Gasteiger partial charge in [0.05, 0.1) is 11.1 Å². The van der Waals surface area contributed by atoms with Crippen LogP contribution in [0.25, 0.3) is 5.65 Å². The molecular weight excluding hydrogens is 348 g/mol. The Morgan fingerprint density at radius 2 is 2.14 bits per heavy atom. The lowest BCUT2D eigenvalue weighted by molar-refractivity contribution is 0.0229. The van der Waals surface area contributed by atoms with Crippen molar-refractivity contribution < 1.29 is 9.63 Å². The van der Waals surface area contributed by atoms with Gasteiger partial charge in [-0.25, -0.2) is 15.0 Å². The van der Waals surface area contributed by atoms with Crippen LogP contribution < -0.4 is 5.48 Å². The monoisotopic (exact) mass is 360 g/mol. The Kier molecular flexibility index (Phi) is 4.17. The van der Waals surface area contributed by atoms with Crippen molar-refractivity contribution in [3.05, 3.63) is 64.0 Å². The fraction of sp³-hybridized carbons (Fsp3) is 0.133. The average molecular weight is 361 g/mol. The molecule has 1 N–H and O–H groups in total. The highest BCUT2D eigenvalue weighted by molar-refractivity contribution is 9.10. The summed E-state index contributed by atoms with van der Waals surface area (Å²) in [6, 6.07) is 9.48. The topological polar surface area (TPSA) is 68.5 Å². The van der Waals surface area contributed by atoms with E-state index in [0.717, 1.165) is 10.0 Å². The second kappa shape index (κ2) is 6.25. The lowest BCUT2D eigenvalue weighted by Crippen LogP contribution is -2.24. The fourth-order valence-corrected chi connectivity index (χ4v) is 2.18. The first kappa shape index (κ1) is 14.7. The molecule has 0 aliphatic heterocycles. The minimum Gasteiger partial charge on any atom is -0.269 e. The number of carbonyl (C=O) groups is 1. The Labute approximate surface area is 135 Å². The lowest BCUT2D eigenvalue weighted by atomic mass is 10.2. The summed E-state index contributed by atoms with van der Waals surface area (Å²) in [6.07, 6.45) is 3.37. The number of hydrogen-bond donors (Lipinski definition) is 1. The number of hydrogen-bond acceptors (Lipinski definition) is 4. The SMILES string of the molecule is Cc1ccc(CONC(=O)c2cc3ncc(Br)cn3n2)cc1. The van der Waals surface area contributed by atoms with Crippen LogP contribution in [0.2, 0.25) is 0 Å². The number of hydroxylamine groups is 1. The zero-order chi connectivity index (χ0) is 15.5. The van der Waals surface area contributed by atoms with Crippen LogP contribution in [0.4, 0.5) is 0 Å². The molecule has 22 heavy (non-hydrogen) atoms. The summed E-state index contributed by atoms with van der Waals surface area (Å²) in [4.78, 5) is 21.4. The summed E-state index contributed by atoms with van der Waals surface area (Å²) < 4.78 is 2.31. The highest BCUT2D eigenvalue weighted by Crippen LogP contribution is 2.10. The molecule has 1 amide bonds. The first-order valence-electron chi connectivity index (χ1n) is 6.60. The largest absolute Gasteiger partial charge is 0.295 e. The molecule has 0 fully saturated rings. The van der Waals surface area contributed by atoms with E-state index in [1.54, 1.807) is 18.5 Å². The molecule has 3 rings (SSSR count). The van der Waals surface area contributed by atoms with E-state index in [2.05, 4.69) is 31.5 Å². The third-order valence-electron chi connectivity index (χ3n) is 3.04. The third kappa shape index (κ3) is 3.32. The number of halogens is 1. The molecule has 112 valence electrons. The number of fused-ring (bicyclic) bond motifs is 1. The second-order valence-corrected chi connectivity index (χ2v) is 5.73.